The van der Waals surface area contributed by atoms with E-state index < -0.39 is 0 Å². The van der Waals surface area contributed by atoms with Crippen LogP contribution in [0.4, 0.5) is 0 Å². The van der Waals surface area contributed by atoms with Crippen LogP contribution in [0.5, 0.6) is 0 Å². The minimum Gasteiger partial charge on any atom is -0.383 e. The molecule has 0 bridgehead atoms. The summed E-state index contributed by atoms with van der Waals surface area (Å²) in [6, 6.07) is 12.0. The van der Waals surface area contributed by atoms with E-state index in [1.54, 1.807) is 7.11 Å². The Balaban J connectivity index is 2.13. The normalized spacial score (nSPS) is 12.1. The third-order valence-electron chi connectivity index (χ3n) is 5.14. The molecule has 5 heteroatoms. The molecule has 0 aliphatic rings. The van der Waals surface area contributed by atoms with Gasteiger partial charge in [-0.15, -0.1) is 0 Å². The molecule has 4 nitrogen and oxygen atoms in total. The molecule has 0 aliphatic heterocycles. The number of rotatable bonds is 12. The highest BCUT2D eigenvalue weighted by Crippen LogP contribution is 2.19. The van der Waals surface area contributed by atoms with Gasteiger partial charge in [0.15, 0.2) is 0 Å². The highest BCUT2D eigenvalue weighted by Gasteiger charge is 2.23. The summed E-state index contributed by atoms with van der Waals surface area (Å²) in [6.45, 7) is 6.77. The molecule has 154 valence electrons. The maximum Gasteiger partial charge on any atom is 0.226 e. The minimum absolute atomic E-state index is 0.0909. The van der Waals surface area contributed by atoms with Gasteiger partial charge in [-0.2, -0.15) is 0 Å². The number of methoxy groups -OCH3 is 1. The largest absolute Gasteiger partial charge is 0.383 e. The second kappa shape index (κ2) is 11.9. The number of ether oxygens (including phenoxy) is 1. The average Bonchev–Trinajstić information content (AvgIpc) is 3.12. The minimum atomic E-state index is 0.0909. The molecule has 0 radical (unpaired) electrons. The predicted octanol–water partition coefficient (Wildman–Crippen LogP) is 5.38. The first-order valence-corrected chi connectivity index (χ1v) is 10.6. The Kier molecular flexibility index (Phi) is 9.59. The van der Waals surface area contributed by atoms with Crippen molar-refractivity contribution in [1.82, 2.24) is 9.47 Å². The van der Waals surface area contributed by atoms with Crippen molar-refractivity contribution in [3.05, 3.63) is 58.9 Å². The van der Waals surface area contributed by atoms with Crippen molar-refractivity contribution in [2.45, 2.75) is 52.6 Å². The van der Waals surface area contributed by atoms with E-state index in [1.807, 2.05) is 29.2 Å². The fraction of sp³-hybridized carbons (Fsp3) is 0.522. The van der Waals surface area contributed by atoms with Crippen LogP contribution in [0.3, 0.4) is 0 Å². The lowest BCUT2D eigenvalue weighted by Crippen LogP contribution is -2.38. The molecule has 2 rings (SSSR count). The SMILES string of the molecule is CCCC[C@@H](CC)C(=O)N(CCOC)Cc1cccn1Cc1cccc(Cl)c1. The van der Waals surface area contributed by atoms with Gasteiger partial charge in [-0.05, 0) is 42.7 Å². The number of hydrogen-bond acceptors (Lipinski definition) is 2. The summed E-state index contributed by atoms with van der Waals surface area (Å²) >= 11 is 6.12. The number of hydrogen-bond donors (Lipinski definition) is 0. The number of benzene rings is 1. The first-order chi connectivity index (χ1) is 13.6. The quantitative estimate of drug-likeness (QED) is 0.475. The highest BCUT2D eigenvalue weighted by atomic mass is 35.5. The third kappa shape index (κ3) is 6.68. The second-order valence-electron chi connectivity index (χ2n) is 7.26. The zero-order chi connectivity index (χ0) is 20.4. The molecule has 0 unspecified atom stereocenters. The van der Waals surface area contributed by atoms with Crippen molar-refractivity contribution in [3.63, 3.8) is 0 Å². The summed E-state index contributed by atoms with van der Waals surface area (Å²) in [5.74, 6) is 0.330. The standard InChI is InChI=1S/C23H33ClN2O2/c1-4-6-10-20(5-2)23(27)26(14-15-28-3)18-22-12-8-13-25(22)17-19-9-7-11-21(24)16-19/h7-9,11-13,16,20H,4-6,10,14-15,17-18H2,1-3H3/t20-/m1/s1. The Morgan fingerprint density at radius 2 is 2.07 bits per heavy atom. The smallest absolute Gasteiger partial charge is 0.226 e. The topological polar surface area (TPSA) is 34.5 Å². The van der Waals surface area contributed by atoms with Gasteiger partial charge in [-0.3, -0.25) is 4.79 Å². The van der Waals surface area contributed by atoms with Crippen molar-refractivity contribution in [3.8, 4) is 0 Å². The Morgan fingerprint density at radius 1 is 1.25 bits per heavy atom. The predicted molar refractivity (Wildman–Crippen MR) is 116 cm³/mol. The van der Waals surface area contributed by atoms with Crippen LogP contribution in [-0.2, 0) is 22.6 Å². The second-order valence-corrected chi connectivity index (χ2v) is 7.69. The van der Waals surface area contributed by atoms with Crippen LogP contribution in [0.25, 0.3) is 0 Å². The molecule has 0 aliphatic carbocycles. The molecule has 1 heterocycles. The average molecular weight is 405 g/mol. The van der Waals surface area contributed by atoms with E-state index in [0.29, 0.717) is 19.7 Å². The maximum absolute atomic E-state index is 13.2. The molecule has 1 amide bonds. The Hall–Kier alpha value is -1.78. The number of carbonyl (C=O) groups excluding carboxylic acids is 1. The summed E-state index contributed by atoms with van der Waals surface area (Å²) in [6.07, 6.45) is 6.10. The molecule has 0 fully saturated rings. The van der Waals surface area contributed by atoms with Crippen LogP contribution in [-0.4, -0.2) is 35.6 Å². The van der Waals surface area contributed by atoms with Gasteiger partial charge in [0, 0.05) is 43.0 Å². The van der Waals surface area contributed by atoms with Gasteiger partial charge in [0.05, 0.1) is 13.2 Å². The lowest BCUT2D eigenvalue weighted by atomic mass is 9.97. The van der Waals surface area contributed by atoms with Crippen LogP contribution >= 0.6 is 11.6 Å². The van der Waals surface area contributed by atoms with Gasteiger partial charge < -0.3 is 14.2 Å². The molecular weight excluding hydrogens is 372 g/mol. The van der Waals surface area contributed by atoms with Crippen molar-refractivity contribution in [2.24, 2.45) is 5.92 Å². The maximum atomic E-state index is 13.2. The molecule has 1 atom stereocenters. The van der Waals surface area contributed by atoms with E-state index in [2.05, 4.69) is 36.7 Å². The number of aromatic nitrogens is 1. The van der Waals surface area contributed by atoms with E-state index in [-0.39, 0.29) is 11.8 Å². The van der Waals surface area contributed by atoms with Gasteiger partial charge in [0.1, 0.15) is 0 Å². The Labute approximate surface area is 174 Å². The molecule has 1 aromatic heterocycles. The summed E-state index contributed by atoms with van der Waals surface area (Å²) < 4.78 is 7.45. The van der Waals surface area contributed by atoms with E-state index in [4.69, 9.17) is 16.3 Å². The molecule has 0 spiro atoms. The first-order valence-electron chi connectivity index (χ1n) is 10.2. The Morgan fingerprint density at radius 3 is 2.75 bits per heavy atom. The van der Waals surface area contributed by atoms with E-state index in [1.165, 1.54) is 0 Å². The Bertz CT molecular complexity index is 729. The van der Waals surface area contributed by atoms with Crippen LogP contribution in [0.15, 0.2) is 42.6 Å². The van der Waals surface area contributed by atoms with E-state index in [9.17, 15) is 4.79 Å². The summed E-state index contributed by atoms with van der Waals surface area (Å²) in [4.78, 5) is 15.1. The monoisotopic (exact) mass is 404 g/mol. The van der Waals surface area contributed by atoms with Gasteiger partial charge in [-0.25, -0.2) is 0 Å². The zero-order valence-corrected chi connectivity index (χ0v) is 18.1. The molecular formula is C23H33ClN2O2. The van der Waals surface area contributed by atoms with Crippen molar-refractivity contribution in [2.75, 3.05) is 20.3 Å². The molecule has 2 aromatic rings. The number of nitrogens with zero attached hydrogens (tertiary/aromatic N) is 2. The third-order valence-corrected chi connectivity index (χ3v) is 5.38. The molecule has 0 N–H and O–H groups in total. The molecule has 28 heavy (non-hydrogen) atoms. The lowest BCUT2D eigenvalue weighted by Gasteiger charge is -2.27. The summed E-state index contributed by atoms with van der Waals surface area (Å²) in [5.41, 5.74) is 2.27. The summed E-state index contributed by atoms with van der Waals surface area (Å²) in [5, 5.41) is 0.741. The highest BCUT2D eigenvalue weighted by molar-refractivity contribution is 6.30. The van der Waals surface area contributed by atoms with Crippen LogP contribution in [0.1, 0.15) is 50.8 Å². The fourth-order valence-corrected chi connectivity index (χ4v) is 3.67. The van der Waals surface area contributed by atoms with E-state index in [0.717, 1.165) is 48.5 Å². The number of amides is 1. The number of carbonyl (C=O) groups is 1. The van der Waals surface area contributed by atoms with Crippen molar-refractivity contribution < 1.29 is 9.53 Å². The first kappa shape index (κ1) is 22.5. The van der Waals surface area contributed by atoms with Gasteiger partial charge in [0.2, 0.25) is 5.91 Å². The van der Waals surface area contributed by atoms with Crippen LogP contribution < -0.4 is 0 Å². The summed E-state index contributed by atoms with van der Waals surface area (Å²) in [7, 11) is 1.68. The van der Waals surface area contributed by atoms with E-state index >= 15 is 0 Å². The number of halogens is 1. The number of unbranched alkanes of at least 4 members (excludes halogenated alkanes) is 1. The van der Waals surface area contributed by atoms with Crippen LogP contribution in [0.2, 0.25) is 5.02 Å². The lowest BCUT2D eigenvalue weighted by molar-refractivity contribution is -0.137. The van der Waals surface area contributed by atoms with Gasteiger partial charge in [0.25, 0.3) is 0 Å². The molecule has 1 aromatic carbocycles. The molecule has 0 saturated heterocycles. The van der Waals surface area contributed by atoms with Gasteiger partial charge in [-0.1, -0.05) is 50.4 Å². The van der Waals surface area contributed by atoms with Crippen molar-refractivity contribution in [1.29, 1.82) is 0 Å². The van der Waals surface area contributed by atoms with Gasteiger partial charge >= 0.3 is 0 Å². The zero-order valence-electron chi connectivity index (χ0n) is 17.4. The molecule has 0 saturated carbocycles. The van der Waals surface area contributed by atoms with Crippen LogP contribution in [0, 0.1) is 5.92 Å². The van der Waals surface area contributed by atoms with Crippen molar-refractivity contribution >= 4 is 17.5 Å². The fourth-order valence-electron chi connectivity index (χ4n) is 3.45.